The van der Waals surface area contributed by atoms with Crippen molar-refractivity contribution < 1.29 is 34.2 Å². The van der Waals surface area contributed by atoms with Crippen LogP contribution in [0.2, 0.25) is 0 Å². The summed E-state index contributed by atoms with van der Waals surface area (Å²) in [6, 6.07) is -5.05. The first kappa shape index (κ1) is 28.2. The Morgan fingerprint density at radius 2 is 1.45 bits per heavy atom. The van der Waals surface area contributed by atoms with Crippen LogP contribution in [-0.2, 0) is 24.0 Å². The Balaban J connectivity index is 5.26. The maximum absolute atomic E-state index is 12.6. The highest BCUT2D eigenvalue weighted by Gasteiger charge is 2.31. The first-order chi connectivity index (χ1) is 14.4. The van der Waals surface area contributed by atoms with Crippen LogP contribution in [0.5, 0.6) is 0 Å². The number of carbonyl (C=O) groups is 5. The highest BCUT2D eigenvalue weighted by Crippen LogP contribution is 2.06. The molecular formula is C18H34N6O7. The molecule has 0 fully saturated rings. The monoisotopic (exact) mass is 446 g/mol. The summed E-state index contributed by atoms with van der Waals surface area (Å²) in [7, 11) is 0. The van der Waals surface area contributed by atoms with E-state index in [0.717, 1.165) is 0 Å². The van der Waals surface area contributed by atoms with Gasteiger partial charge < -0.3 is 43.4 Å². The molecule has 0 bridgehead atoms. The summed E-state index contributed by atoms with van der Waals surface area (Å²) in [5, 5.41) is 25.7. The summed E-state index contributed by atoms with van der Waals surface area (Å²) in [5.74, 6) is -4.94. The van der Waals surface area contributed by atoms with E-state index >= 15 is 0 Å². The molecule has 0 saturated carbocycles. The van der Waals surface area contributed by atoms with E-state index in [1.807, 2.05) is 0 Å². The lowest BCUT2D eigenvalue weighted by Gasteiger charge is -2.25. The number of carboxylic acid groups (broad SMARTS) is 1. The Morgan fingerprint density at radius 3 is 1.90 bits per heavy atom. The molecule has 0 aliphatic heterocycles. The van der Waals surface area contributed by atoms with Crippen LogP contribution in [0, 0.1) is 5.92 Å². The van der Waals surface area contributed by atoms with E-state index < -0.39 is 72.7 Å². The van der Waals surface area contributed by atoms with Gasteiger partial charge >= 0.3 is 5.97 Å². The molecule has 13 nitrogen and oxygen atoms in total. The number of carbonyl (C=O) groups excluding carboxylic acids is 4. The van der Waals surface area contributed by atoms with E-state index in [4.69, 9.17) is 17.2 Å². The van der Waals surface area contributed by atoms with Crippen LogP contribution in [0.4, 0.5) is 0 Å². The van der Waals surface area contributed by atoms with Crippen molar-refractivity contribution in [3.8, 4) is 0 Å². The van der Waals surface area contributed by atoms with Gasteiger partial charge in [0.05, 0.1) is 19.1 Å². The zero-order valence-electron chi connectivity index (χ0n) is 17.8. The molecule has 0 heterocycles. The fourth-order valence-corrected chi connectivity index (χ4v) is 2.58. The van der Waals surface area contributed by atoms with Gasteiger partial charge in [-0.3, -0.25) is 19.2 Å². The lowest BCUT2D eigenvalue weighted by Crippen LogP contribution is -2.58. The molecule has 0 aliphatic rings. The van der Waals surface area contributed by atoms with Gasteiger partial charge in [-0.05, 0) is 31.7 Å². The van der Waals surface area contributed by atoms with Crippen molar-refractivity contribution in [3.05, 3.63) is 0 Å². The molecule has 0 spiro atoms. The van der Waals surface area contributed by atoms with Crippen molar-refractivity contribution >= 4 is 29.6 Å². The second kappa shape index (κ2) is 14.3. The van der Waals surface area contributed by atoms with Gasteiger partial charge in [-0.1, -0.05) is 13.8 Å². The SMILES string of the molecule is CC(C)C(NC(=O)C(CCCCN)NC(=O)C(CO)NC(=O)C(N)CC(N)=O)C(=O)O. The van der Waals surface area contributed by atoms with E-state index in [-0.39, 0.29) is 6.42 Å². The fourth-order valence-electron chi connectivity index (χ4n) is 2.58. The van der Waals surface area contributed by atoms with Crippen LogP contribution in [-0.4, -0.2) is 77.1 Å². The lowest BCUT2D eigenvalue weighted by atomic mass is 10.0. The van der Waals surface area contributed by atoms with Crippen LogP contribution in [0.25, 0.3) is 0 Å². The Kier molecular flexibility index (Phi) is 13.0. The largest absolute Gasteiger partial charge is 0.480 e. The van der Waals surface area contributed by atoms with Gasteiger partial charge in [-0.25, -0.2) is 4.79 Å². The highest BCUT2D eigenvalue weighted by atomic mass is 16.4. The van der Waals surface area contributed by atoms with E-state index in [2.05, 4.69) is 16.0 Å². The zero-order chi connectivity index (χ0) is 24.1. The average molecular weight is 447 g/mol. The molecule has 0 radical (unpaired) electrons. The van der Waals surface area contributed by atoms with E-state index in [0.29, 0.717) is 19.4 Å². The number of nitrogens with one attached hydrogen (secondary N) is 3. The van der Waals surface area contributed by atoms with Crippen LogP contribution in [0.3, 0.4) is 0 Å². The number of aliphatic carboxylic acids is 1. The highest BCUT2D eigenvalue weighted by molar-refractivity contribution is 5.95. The van der Waals surface area contributed by atoms with E-state index in [1.165, 1.54) is 0 Å². The van der Waals surface area contributed by atoms with Gasteiger partial charge in [0.2, 0.25) is 23.6 Å². The number of rotatable bonds is 15. The Hall–Kier alpha value is -2.77. The third kappa shape index (κ3) is 10.7. The number of amides is 4. The average Bonchev–Trinajstić information content (AvgIpc) is 2.67. The van der Waals surface area contributed by atoms with E-state index in [9.17, 15) is 34.2 Å². The minimum Gasteiger partial charge on any atom is -0.480 e. The molecule has 0 rings (SSSR count). The summed E-state index contributed by atoms with van der Waals surface area (Å²) >= 11 is 0. The van der Waals surface area contributed by atoms with Crippen LogP contribution in [0.15, 0.2) is 0 Å². The van der Waals surface area contributed by atoms with Crippen molar-refractivity contribution in [1.29, 1.82) is 0 Å². The third-order valence-electron chi connectivity index (χ3n) is 4.38. The number of nitrogens with two attached hydrogens (primary N) is 3. The normalized spacial score (nSPS) is 14.8. The fraction of sp³-hybridized carbons (Fsp3) is 0.722. The molecule has 4 atom stereocenters. The van der Waals surface area contributed by atoms with Gasteiger partial charge in [0.15, 0.2) is 0 Å². The van der Waals surface area contributed by atoms with Crippen molar-refractivity contribution in [2.24, 2.45) is 23.1 Å². The second-order valence-electron chi connectivity index (χ2n) is 7.43. The number of aliphatic hydroxyl groups is 1. The van der Waals surface area contributed by atoms with Crippen LogP contribution >= 0.6 is 0 Å². The standard InChI is InChI=1S/C18H34N6O7/c1-9(2)14(18(30)31)24-16(28)11(5-3-4-6-19)22-17(29)12(8-25)23-15(27)10(20)7-13(21)26/h9-12,14,25H,3-8,19-20H2,1-2H3,(H2,21,26)(H,22,29)(H,23,27)(H,24,28)(H,30,31). The second-order valence-corrected chi connectivity index (χ2v) is 7.43. The predicted molar refractivity (Wildman–Crippen MR) is 110 cm³/mol. The smallest absolute Gasteiger partial charge is 0.326 e. The predicted octanol–water partition coefficient (Wildman–Crippen LogP) is -3.49. The molecule has 4 amide bonds. The van der Waals surface area contributed by atoms with Gasteiger partial charge in [-0.15, -0.1) is 0 Å². The summed E-state index contributed by atoms with van der Waals surface area (Å²) in [6.07, 6.45) is 0.732. The van der Waals surface area contributed by atoms with Gasteiger partial charge in [-0.2, -0.15) is 0 Å². The molecule has 0 aliphatic carbocycles. The maximum Gasteiger partial charge on any atom is 0.326 e. The summed E-state index contributed by atoms with van der Waals surface area (Å²) in [6.45, 7) is 2.79. The molecule has 13 heteroatoms. The zero-order valence-corrected chi connectivity index (χ0v) is 17.8. The first-order valence-corrected chi connectivity index (χ1v) is 9.93. The van der Waals surface area contributed by atoms with Gasteiger partial charge in [0, 0.05) is 0 Å². The van der Waals surface area contributed by atoms with Gasteiger partial charge in [0.25, 0.3) is 0 Å². The van der Waals surface area contributed by atoms with Crippen molar-refractivity contribution in [1.82, 2.24) is 16.0 Å². The number of unbranched alkanes of at least 4 members (excludes halogenated alkanes) is 1. The molecule has 11 N–H and O–H groups in total. The number of aliphatic hydroxyl groups excluding tert-OH is 1. The maximum atomic E-state index is 12.6. The molecule has 31 heavy (non-hydrogen) atoms. The molecular weight excluding hydrogens is 412 g/mol. The Labute approximate surface area is 180 Å². The van der Waals surface area contributed by atoms with Gasteiger partial charge in [0.1, 0.15) is 18.1 Å². The summed E-state index contributed by atoms with van der Waals surface area (Å²) in [4.78, 5) is 59.3. The van der Waals surface area contributed by atoms with E-state index in [1.54, 1.807) is 13.8 Å². The molecule has 0 aromatic heterocycles. The molecule has 0 aromatic carbocycles. The minimum atomic E-state index is -1.45. The van der Waals surface area contributed by atoms with Crippen molar-refractivity contribution in [3.63, 3.8) is 0 Å². The van der Waals surface area contributed by atoms with Crippen LogP contribution < -0.4 is 33.2 Å². The number of hydrogen-bond donors (Lipinski definition) is 8. The summed E-state index contributed by atoms with van der Waals surface area (Å²) in [5.41, 5.74) is 15.9. The molecule has 4 unspecified atom stereocenters. The molecule has 0 saturated heterocycles. The summed E-state index contributed by atoms with van der Waals surface area (Å²) < 4.78 is 0. The van der Waals surface area contributed by atoms with Crippen LogP contribution in [0.1, 0.15) is 39.5 Å². The number of primary amides is 1. The number of carboxylic acids is 1. The van der Waals surface area contributed by atoms with Crippen molar-refractivity contribution in [2.75, 3.05) is 13.2 Å². The molecule has 0 aromatic rings. The lowest BCUT2D eigenvalue weighted by molar-refractivity contribution is -0.143. The first-order valence-electron chi connectivity index (χ1n) is 9.93. The Bertz CT molecular complexity index is 643. The minimum absolute atomic E-state index is 0.159. The van der Waals surface area contributed by atoms with Crippen molar-refractivity contribution in [2.45, 2.75) is 63.7 Å². The molecule has 178 valence electrons. The Morgan fingerprint density at radius 1 is 0.903 bits per heavy atom. The third-order valence-corrected chi connectivity index (χ3v) is 4.38. The number of hydrogen-bond acceptors (Lipinski definition) is 8. The quantitative estimate of drug-likeness (QED) is 0.116. The topological polar surface area (TPSA) is 240 Å².